The molecule has 0 aromatic rings. The lowest BCUT2D eigenvalue weighted by Gasteiger charge is -2.22. The van der Waals surface area contributed by atoms with Crippen molar-refractivity contribution in [3.63, 3.8) is 0 Å². The molecule has 418 valence electrons. The van der Waals surface area contributed by atoms with Gasteiger partial charge in [-0.3, -0.25) is 9.59 Å². The summed E-state index contributed by atoms with van der Waals surface area (Å²) in [6.45, 7) is 4.97. The van der Waals surface area contributed by atoms with E-state index in [4.69, 9.17) is 4.74 Å². The molecule has 0 aliphatic heterocycles. The Morgan fingerprint density at radius 3 is 0.871 bits per heavy atom. The number of esters is 1. The first kappa shape index (κ1) is 68.9. The third kappa shape index (κ3) is 56.2. The van der Waals surface area contributed by atoms with E-state index in [1.54, 1.807) is 0 Å². The summed E-state index contributed by atoms with van der Waals surface area (Å²) in [7, 11) is 0. The van der Waals surface area contributed by atoms with Crippen LogP contribution in [0.4, 0.5) is 0 Å². The minimum atomic E-state index is -0.671. The molecule has 2 atom stereocenters. The molecule has 0 heterocycles. The van der Waals surface area contributed by atoms with Crippen LogP contribution in [0.2, 0.25) is 0 Å². The number of carbonyl (C=O) groups is 2. The summed E-state index contributed by atoms with van der Waals surface area (Å²) < 4.78 is 5.48. The van der Waals surface area contributed by atoms with E-state index in [-0.39, 0.29) is 18.5 Å². The van der Waals surface area contributed by atoms with Crippen molar-refractivity contribution < 1.29 is 24.5 Å². The third-order valence-electron chi connectivity index (χ3n) is 15.4. The van der Waals surface area contributed by atoms with E-state index in [2.05, 4.69) is 19.2 Å². The van der Waals surface area contributed by atoms with Crippen molar-refractivity contribution in [1.82, 2.24) is 5.32 Å². The van der Waals surface area contributed by atoms with Crippen LogP contribution in [0.15, 0.2) is 0 Å². The molecule has 1 amide bonds. The summed E-state index contributed by atoms with van der Waals surface area (Å²) in [5, 5.41) is 23.4. The predicted molar refractivity (Wildman–Crippen MR) is 306 cm³/mol. The highest BCUT2D eigenvalue weighted by atomic mass is 16.5. The molecule has 0 radical (unpaired) electrons. The van der Waals surface area contributed by atoms with Crippen LogP contribution in [0, 0.1) is 0 Å². The summed E-state index contributed by atoms with van der Waals surface area (Å²) in [6, 6.07) is -0.549. The van der Waals surface area contributed by atoms with E-state index >= 15 is 0 Å². The lowest BCUT2D eigenvalue weighted by Crippen LogP contribution is -2.45. The first-order valence-corrected chi connectivity index (χ1v) is 32.3. The van der Waals surface area contributed by atoms with Crippen molar-refractivity contribution in [3.05, 3.63) is 0 Å². The number of aliphatic hydroxyl groups excluding tert-OH is 2. The smallest absolute Gasteiger partial charge is 0.305 e. The van der Waals surface area contributed by atoms with Gasteiger partial charge in [0, 0.05) is 12.8 Å². The molecule has 0 aromatic heterocycles. The second-order valence-corrected chi connectivity index (χ2v) is 22.5. The van der Waals surface area contributed by atoms with Gasteiger partial charge in [0.05, 0.1) is 25.4 Å². The van der Waals surface area contributed by atoms with E-state index in [1.165, 1.54) is 289 Å². The van der Waals surface area contributed by atoms with Crippen molar-refractivity contribution in [3.8, 4) is 0 Å². The zero-order valence-corrected chi connectivity index (χ0v) is 47.8. The molecule has 0 aliphatic carbocycles. The maximum absolute atomic E-state index is 12.5. The van der Waals surface area contributed by atoms with Crippen LogP contribution in [-0.4, -0.2) is 47.4 Å². The average molecular weight is 991 g/mol. The molecule has 0 bridgehead atoms. The second kappa shape index (κ2) is 60.4. The Kier molecular flexibility index (Phi) is 59.4. The fourth-order valence-corrected chi connectivity index (χ4v) is 10.5. The molecule has 2 unspecified atom stereocenters. The molecule has 0 fully saturated rings. The Bertz CT molecular complexity index is 1010. The summed E-state index contributed by atoms with van der Waals surface area (Å²) in [4.78, 5) is 24.6. The predicted octanol–water partition coefficient (Wildman–Crippen LogP) is 20.3. The number of carbonyl (C=O) groups excluding carboxylic acids is 2. The van der Waals surface area contributed by atoms with Gasteiger partial charge in [0.1, 0.15) is 0 Å². The van der Waals surface area contributed by atoms with Crippen molar-refractivity contribution in [2.24, 2.45) is 0 Å². The number of ether oxygens (including phenoxy) is 1. The fourth-order valence-electron chi connectivity index (χ4n) is 10.5. The van der Waals surface area contributed by atoms with E-state index in [0.29, 0.717) is 25.9 Å². The number of hydrogen-bond acceptors (Lipinski definition) is 5. The van der Waals surface area contributed by atoms with Gasteiger partial charge in [-0.1, -0.05) is 335 Å². The Morgan fingerprint density at radius 2 is 0.586 bits per heavy atom. The Morgan fingerprint density at radius 1 is 0.343 bits per heavy atom. The second-order valence-electron chi connectivity index (χ2n) is 22.5. The summed E-state index contributed by atoms with van der Waals surface area (Å²) in [6.07, 6.45) is 71.1. The topological polar surface area (TPSA) is 95.9 Å². The largest absolute Gasteiger partial charge is 0.466 e. The third-order valence-corrected chi connectivity index (χ3v) is 15.4. The van der Waals surface area contributed by atoms with Gasteiger partial charge in [-0.05, 0) is 25.7 Å². The fraction of sp³-hybridized carbons (Fsp3) is 0.969. The number of amides is 1. The van der Waals surface area contributed by atoms with Crippen LogP contribution in [0.3, 0.4) is 0 Å². The van der Waals surface area contributed by atoms with Gasteiger partial charge >= 0.3 is 5.97 Å². The van der Waals surface area contributed by atoms with Crippen LogP contribution in [0.5, 0.6) is 0 Å². The van der Waals surface area contributed by atoms with Crippen molar-refractivity contribution in [2.45, 2.75) is 386 Å². The van der Waals surface area contributed by atoms with Crippen LogP contribution < -0.4 is 5.32 Å². The Labute approximate surface area is 438 Å². The van der Waals surface area contributed by atoms with Crippen LogP contribution >= 0.6 is 0 Å². The lowest BCUT2D eigenvalue weighted by atomic mass is 10.0. The quantitative estimate of drug-likeness (QED) is 0.0417. The molecule has 3 N–H and O–H groups in total. The minimum Gasteiger partial charge on any atom is -0.466 e. The Balaban J connectivity index is 3.41. The molecule has 70 heavy (non-hydrogen) atoms. The average Bonchev–Trinajstić information content (AvgIpc) is 3.36. The molecular weight excluding hydrogens is 863 g/mol. The van der Waals surface area contributed by atoms with Crippen molar-refractivity contribution in [1.29, 1.82) is 0 Å². The highest BCUT2D eigenvalue weighted by Gasteiger charge is 2.20. The van der Waals surface area contributed by atoms with Crippen molar-refractivity contribution in [2.75, 3.05) is 13.2 Å². The maximum Gasteiger partial charge on any atom is 0.305 e. The molecule has 0 aromatic carbocycles. The first-order chi connectivity index (χ1) is 34.5. The van der Waals surface area contributed by atoms with Crippen LogP contribution in [0.25, 0.3) is 0 Å². The van der Waals surface area contributed by atoms with E-state index in [1.807, 2.05) is 0 Å². The van der Waals surface area contributed by atoms with Gasteiger partial charge in [0.25, 0.3) is 0 Å². The van der Waals surface area contributed by atoms with Crippen LogP contribution in [-0.2, 0) is 14.3 Å². The summed E-state index contributed by atoms with van der Waals surface area (Å²) in [5.41, 5.74) is 0. The normalized spacial score (nSPS) is 12.5. The monoisotopic (exact) mass is 990 g/mol. The zero-order valence-electron chi connectivity index (χ0n) is 47.8. The maximum atomic E-state index is 12.5. The highest BCUT2D eigenvalue weighted by Crippen LogP contribution is 2.19. The molecule has 0 spiro atoms. The van der Waals surface area contributed by atoms with Gasteiger partial charge in [-0.15, -0.1) is 0 Å². The van der Waals surface area contributed by atoms with Gasteiger partial charge in [0.15, 0.2) is 0 Å². The first-order valence-electron chi connectivity index (χ1n) is 32.3. The number of rotatable bonds is 61. The lowest BCUT2D eigenvalue weighted by molar-refractivity contribution is -0.143. The molecule has 6 nitrogen and oxygen atoms in total. The molecule has 0 aliphatic rings. The Hall–Kier alpha value is -1.14. The molecule has 0 saturated heterocycles. The number of unbranched alkanes of at least 4 members (excludes halogenated alkanes) is 50. The van der Waals surface area contributed by atoms with Crippen molar-refractivity contribution >= 4 is 11.9 Å². The SMILES string of the molecule is CCCCCCCCCCCCCCCCCCCCCCCCCCC(O)C(CO)NC(=O)CCCCCCCCCCCCCCCCOC(=O)CCCCCCCCCCCCCCCCC. The van der Waals surface area contributed by atoms with E-state index in [9.17, 15) is 19.8 Å². The molecule has 6 heteroatoms. The molecule has 0 saturated carbocycles. The molecule has 0 rings (SSSR count). The van der Waals surface area contributed by atoms with Gasteiger partial charge in [0.2, 0.25) is 5.91 Å². The number of nitrogens with one attached hydrogen (secondary N) is 1. The summed E-state index contributed by atoms with van der Waals surface area (Å²) >= 11 is 0. The number of aliphatic hydroxyl groups is 2. The van der Waals surface area contributed by atoms with Gasteiger partial charge in [-0.25, -0.2) is 0 Å². The minimum absolute atomic E-state index is 0.00250. The standard InChI is InChI=1S/C64H127NO5/c1-3-5-7-9-11-13-15-17-19-20-21-22-23-24-25-26-27-29-32-36-40-44-48-52-56-62(67)61(60-66)65-63(68)57-53-49-45-41-37-33-30-31-35-39-43-47-51-55-59-70-64(69)58-54-50-46-42-38-34-28-18-16-14-12-10-8-6-4-2/h61-62,66-67H,3-60H2,1-2H3,(H,65,68). The van der Waals surface area contributed by atoms with Crippen LogP contribution in [0.1, 0.15) is 373 Å². The molecular formula is C64H127NO5. The number of hydrogen-bond donors (Lipinski definition) is 3. The van der Waals surface area contributed by atoms with Gasteiger partial charge in [-0.2, -0.15) is 0 Å². The highest BCUT2D eigenvalue weighted by molar-refractivity contribution is 5.76. The van der Waals surface area contributed by atoms with Gasteiger partial charge < -0.3 is 20.3 Å². The van der Waals surface area contributed by atoms with E-state index < -0.39 is 12.1 Å². The summed E-state index contributed by atoms with van der Waals surface area (Å²) in [5.74, 6) is -0.0374. The zero-order chi connectivity index (χ0) is 50.7. The van der Waals surface area contributed by atoms with E-state index in [0.717, 1.165) is 51.4 Å².